The number of ketones is 1. The van der Waals surface area contributed by atoms with Crippen LogP contribution in [0, 0.1) is 0 Å². The number of likely N-dealkylation sites (N-methyl/N-ethyl adjacent to an activating group) is 1. The highest BCUT2D eigenvalue weighted by Gasteiger charge is 2.35. The van der Waals surface area contributed by atoms with Crippen LogP contribution >= 0.6 is 15.9 Å². The van der Waals surface area contributed by atoms with Crippen molar-refractivity contribution in [1.82, 2.24) is 9.97 Å². The summed E-state index contributed by atoms with van der Waals surface area (Å²) in [5, 5.41) is 0. The molecule has 0 bridgehead atoms. The van der Waals surface area contributed by atoms with Crippen LogP contribution in [0.1, 0.15) is 46.7 Å². The molecule has 7 heteroatoms. The molecule has 1 aliphatic carbocycles. The van der Waals surface area contributed by atoms with Crippen LogP contribution in [0.25, 0.3) is 0 Å². The first kappa shape index (κ1) is 18.1. The molecule has 1 aromatic heterocycles. The first-order chi connectivity index (χ1) is 13.1. The third-order valence-corrected chi connectivity index (χ3v) is 6.19. The molecule has 1 fully saturated rings. The predicted molar refractivity (Wildman–Crippen MR) is 107 cm³/mol. The van der Waals surface area contributed by atoms with E-state index in [4.69, 9.17) is 4.98 Å². The van der Waals surface area contributed by atoms with Crippen LogP contribution in [0.3, 0.4) is 0 Å². The number of benzene rings is 1. The topological polar surface area (TPSA) is 66.4 Å². The summed E-state index contributed by atoms with van der Waals surface area (Å²) in [4.78, 5) is 37.3. The molecule has 2 aliphatic rings. The summed E-state index contributed by atoms with van der Waals surface area (Å²) < 4.78 is 0. The number of fused-ring (bicyclic) bond motifs is 1. The Labute approximate surface area is 166 Å². The highest BCUT2D eigenvalue weighted by atomic mass is 79.9. The lowest BCUT2D eigenvalue weighted by Crippen LogP contribution is -2.48. The number of alkyl halides is 1. The molecule has 4 rings (SSSR count). The van der Waals surface area contributed by atoms with E-state index in [0.717, 1.165) is 18.7 Å². The van der Waals surface area contributed by atoms with Gasteiger partial charge < -0.3 is 9.80 Å². The first-order valence-electron chi connectivity index (χ1n) is 9.19. The lowest BCUT2D eigenvalue weighted by atomic mass is 10.1. The molecule has 0 N–H and O–H groups in total. The number of Topliss-reactive ketones (excluding diaryl/α,β-unsaturated/α-hetero) is 1. The Balaban J connectivity index is 1.69. The van der Waals surface area contributed by atoms with Gasteiger partial charge in [0.1, 0.15) is 10.5 Å². The third kappa shape index (κ3) is 3.36. The molecular formula is C20H21BrN4O2. The highest BCUT2D eigenvalue weighted by Crippen LogP contribution is 2.37. The van der Waals surface area contributed by atoms with Crippen molar-refractivity contribution in [2.45, 2.75) is 36.6 Å². The van der Waals surface area contributed by atoms with E-state index in [1.807, 2.05) is 18.2 Å². The van der Waals surface area contributed by atoms with Crippen LogP contribution in [0.2, 0.25) is 0 Å². The van der Waals surface area contributed by atoms with Gasteiger partial charge in [0.25, 0.3) is 0 Å². The molecule has 1 atom stereocenters. The highest BCUT2D eigenvalue weighted by molar-refractivity contribution is 9.09. The van der Waals surface area contributed by atoms with Gasteiger partial charge in [0.15, 0.2) is 17.4 Å². The molecule has 1 saturated carbocycles. The van der Waals surface area contributed by atoms with Crippen LogP contribution < -0.4 is 9.80 Å². The molecule has 2 heterocycles. The van der Waals surface area contributed by atoms with Crippen molar-refractivity contribution >= 4 is 39.1 Å². The van der Waals surface area contributed by atoms with Gasteiger partial charge in [-0.3, -0.25) is 9.59 Å². The van der Waals surface area contributed by atoms with E-state index in [0.29, 0.717) is 29.7 Å². The Hall–Kier alpha value is -2.28. The number of aromatic nitrogens is 2. The maximum absolute atomic E-state index is 12.8. The molecule has 0 spiro atoms. The van der Waals surface area contributed by atoms with Gasteiger partial charge in [-0.1, -0.05) is 59.1 Å². The lowest BCUT2D eigenvalue weighted by molar-refractivity contribution is -0.117. The second-order valence-electron chi connectivity index (χ2n) is 7.05. The molecular weight excluding hydrogens is 408 g/mol. The Bertz CT molecular complexity index is 868. The van der Waals surface area contributed by atoms with Gasteiger partial charge in [0, 0.05) is 18.7 Å². The summed E-state index contributed by atoms with van der Waals surface area (Å²) in [5.74, 6) is 1.14. The van der Waals surface area contributed by atoms with Crippen molar-refractivity contribution in [3.63, 3.8) is 0 Å². The smallest absolute Gasteiger partial charge is 0.246 e. The van der Waals surface area contributed by atoms with Crippen molar-refractivity contribution in [2.75, 3.05) is 23.4 Å². The second kappa shape index (κ2) is 7.38. The quantitative estimate of drug-likeness (QED) is 0.550. The monoisotopic (exact) mass is 428 g/mol. The summed E-state index contributed by atoms with van der Waals surface area (Å²) in [6.07, 6.45) is 6.13. The van der Waals surface area contributed by atoms with E-state index >= 15 is 0 Å². The number of nitrogens with zero attached hydrogens (tertiary/aromatic N) is 4. The van der Waals surface area contributed by atoms with Crippen molar-refractivity contribution in [3.8, 4) is 0 Å². The summed E-state index contributed by atoms with van der Waals surface area (Å²) in [7, 11) is 1.75. The van der Waals surface area contributed by atoms with Crippen molar-refractivity contribution in [3.05, 3.63) is 47.9 Å². The van der Waals surface area contributed by atoms with Gasteiger partial charge in [0.05, 0.1) is 12.7 Å². The van der Waals surface area contributed by atoms with Crippen LogP contribution in [0.15, 0.2) is 36.5 Å². The average molecular weight is 429 g/mol. The summed E-state index contributed by atoms with van der Waals surface area (Å²) in [6, 6.07) is 9.44. The lowest BCUT2D eigenvalue weighted by Gasteiger charge is -2.38. The van der Waals surface area contributed by atoms with Gasteiger partial charge in [-0.15, -0.1) is 0 Å². The fourth-order valence-electron chi connectivity index (χ4n) is 3.79. The normalized spacial score (nSPS) is 18.5. The first-order valence-corrected chi connectivity index (χ1v) is 10.1. The van der Waals surface area contributed by atoms with Crippen molar-refractivity contribution in [2.24, 2.45) is 0 Å². The van der Waals surface area contributed by atoms with Crippen molar-refractivity contribution < 1.29 is 9.59 Å². The molecule has 0 radical (unpaired) electrons. The van der Waals surface area contributed by atoms with Gasteiger partial charge >= 0.3 is 0 Å². The van der Waals surface area contributed by atoms with E-state index in [1.54, 1.807) is 30.3 Å². The Morgan fingerprint density at radius 2 is 1.93 bits per heavy atom. The molecule has 2 aromatic rings. The van der Waals surface area contributed by atoms with Gasteiger partial charge in [-0.25, -0.2) is 9.97 Å². The maximum Gasteiger partial charge on any atom is 0.246 e. The molecule has 1 amide bonds. The minimum absolute atomic E-state index is 0.0431. The molecule has 1 aromatic carbocycles. The van der Waals surface area contributed by atoms with Crippen LogP contribution in [-0.4, -0.2) is 41.3 Å². The van der Waals surface area contributed by atoms with Gasteiger partial charge in [0.2, 0.25) is 5.91 Å². The molecule has 1 aliphatic heterocycles. The van der Waals surface area contributed by atoms with E-state index < -0.39 is 4.83 Å². The number of rotatable bonds is 4. The zero-order valence-electron chi connectivity index (χ0n) is 15.1. The number of amides is 1. The van der Waals surface area contributed by atoms with E-state index in [2.05, 4.69) is 25.8 Å². The van der Waals surface area contributed by atoms with Crippen LogP contribution in [-0.2, 0) is 4.79 Å². The van der Waals surface area contributed by atoms with E-state index in [9.17, 15) is 9.59 Å². The summed E-state index contributed by atoms with van der Waals surface area (Å²) >= 11 is 3.47. The van der Waals surface area contributed by atoms with Crippen LogP contribution in [0.5, 0.6) is 0 Å². The second-order valence-corrected chi connectivity index (χ2v) is 7.96. The fourth-order valence-corrected chi connectivity index (χ4v) is 4.28. The Morgan fingerprint density at radius 3 is 2.63 bits per heavy atom. The number of hydrogen-bond donors (Lipinski definition) is 0. The summed E-state index contributed by atoms with van der Waals surface area (Å²) in [5.41, 5.74) is 1.31. The summed E-state index contributed by atoms with van der Waals surface area (Å²) in [6.45, 7) is 0.324. The van der Waals surface area contributed by atoms with E-state index in [-0.39, 0.29) is 11.7 Å². The SMILES string of the molecule is CN1C(=O)CN(C2CCCC2)c2nc(C(Br)C(=O)c3ccccc3)ncc21. The largest absolute Gasteiger partial charge is 0.342 e. The van der Waals surface area contributed by atoms with Gasteiger partial charge in [-0.05, 0) is 12.8 Å². The standard InChI is InChI=1S/C20H21BrN4O2/c1-24-15-11-22-19(17(21)18(27)13-7-3-2-4-8-13)23-20(15)25(12-16(24)26)14-9-5-6-10-14/h2-4,7-8,11,14,17H,5-6,9-10,12H2,1H3. The molecule has 0 saturated heterocycles. The zero-order valence-corrected chi connectivity index (χ0v) is 16.7. The zero-order chi connectivity index (χ0) is 19.0. The van der Waals surface area contributed by atoms with Gasteiger partial charge in [-0.2, -0.15) is 0 Å². The minimum Gasteiger partial charge on any atom is -0.342 e. The number of hydrogen-bond acceptors (Lipinski definition) is 5. The molecule has 27 heavy (non-hydrogen) atoms. The maximum atomic E-state index is 12.8. The number of carbonyl (C=O) groups is 2. The Kier molecular flexibility index (Phi) is 4.95. The Morgan fingerprint density at radius 1 is 1.22 bits per heavy atom. The van der Waals surface area contributed by atoms with Crippen molar-refractivity contribution in [1.29, 1.82) is 0 Å². The number of carbonyl (C=O) groups excluding carboxylic acids is 2. The molecule has 1 unspecified atom stereocenters. The fraction of sp³-hybridized carbons (Fsp3) is 0.400. The molecule has 6 nitrogen and oxygen atoms in total. The molecule has 140 valence electrons. The average Bonchev–Trinajstić information content (AvgIpc) is 3.24. The number of halogens is 1. The third-order valence-electron chi connectivity index (χ3n) is 5.36. The minimum atomic E-state index is -0.626. The predicted octanol–water partition coefficient (Wildman–Crippen LogP) is 3.52. The van der Waals surface area contributed by atoms with E-state index in [1.165, 1.54) is 12.8 Å². The van der Waals surface area contributed by atoms with Crippen LogP contribution in [0.4, 0.5) is 11.5 Å². The number of anilines is 2.